The van der Waals surface area contributed by atoms with Crippen LogP contribution in [0.1, 0.15) is 5.76 Å². The molecule has 0 unspecified atom stereocenters. The molecule has 0 aromatic carbocycles. The van der Waals surface area contributed by atoms with Crippen molar-refractivity contribution < 1.29 is 9.15 Å². The fraction of sp³-hybridized carbons (Fsp3) is 0.111. The van der Waals surface area contributed by atoms with Crippen LogP contribution in [0.3, 0.4) is 0 Å². The van der Waals surface area contributed by atoms with Gasteiger partial charge in [0.05, 0.1) is 24.3 Å². The molecule has 0 amide bonds. The minimum atomic E-state index is 0.288. The normalized spacial score (nSPS) is 10.0. The molecular formula is C9H9N3O2. The summed E-state index contributed by atoms with van der Waals surface area (Å²) < 4.78 is 10.3. The summed E-state index contributed by atoms with van der Waals surface area (Å²) in [5.41, 5.74) is 5.93. The van der Waals surface area contributed by atoms with E-state index in [1.54, 1.807) is 12.3 Å². The number of nitrogens with zero attached hydrogens (tertiary/aromatic N) is 2. The Hall–Kier alpha value is -2.04. The van der Waals surface area contributed by atoms with E-state index in [4.69, 9.17) is 14.9 Å². The predicted molar refractivity (Wildman–Crippen MR) is 49.5 cm³/mol. The molecule has 5 nitrogen and oxygen atoms in total. The average molecular weight is 191 g/mol. The smallest absolute Gasteiger partial charge is 0.316 e. The second-order valence-corrected chi connectivity index (χ2v) is 2.67. The molecule has 0 aliphatic rings. The van der Waals surface area contributed by atoms with E-state index in [9.17, 15) is 0 Å². The topological polar surface area (TPSA) is 74.2 Å². The van der Waals surface area contributed by atoms with Crippen molar-refractivity contribution in [3.8, 4) is 6.01 Å². The van der Waals surface area contributed by atoms with Gasteiger partial charge in [0, 0.05) is 0 Å². The SMILES string of the molecule is Nc1cnc(OCc2ccco2)nc1. The molecule has 2 N–H and O–H groups in total. The van der Waals surface area contributed by atoms with Gasteiger partial charge in [-0.25, -0.2) is 9.97 Å². The molecule has 0 radical (unpaired) electrons. The Kier molecular flexibility index (Phi) is 2.31. The van der Waals surface area contributed by atoms with E-state index in [0.717, 1.165) is 5.76 Å². The molecule has 2 heterocycles. The highest BCUT2D eigenvalue weighted by molar-refractivity contribution is 5.30. The summed E-state index contributed by atoms with van der Waals surface area (Å²) in [7, 11) is 0. The van der Waals surface area contributed by atoms with Crippen LogP contribution in [0.25, 0.3) is 0 Å². The lowest BCUT2D eigenvalue weighted by atomic mass is 10.5. The maximum absolute atomic E-state index is 5.42. The highest BCUT2D eigenvalue weighted by atomic mass is 16.5. The molecule has 0 saturated heterocycles. The lowest BCUT2D eigenvalue weighted by Gasteiger charge is -2.00. The lowest BCUT2D eigenvalue weighted by molar-refractivity contribution is 0.250. The Balaban J connectivity index is 1.95. The van der Waals surface area contributed by atoms with Crippen LogP contribution in [0.15, 0.2) is 35.2 Å². The summed E-state index contributed by atoms with van der Waals surface area (Å²) in [6.07, 6.45) is 4.57. The molecule has 2 aromatic rings. The predicted octanol–water partition coefficient (Wildman–Crippen LogP) is 1.23. The molecule has 0 saturated carbocycles. The van der Waals surface area contributed by atoms with Gasteiger partial charge in [-0.15, -0.1) is 0 Å². The summed E-state index contributed by atoms with van der Waals surface area (Å²) in [5, 5.41) is 0. The van der Waals surface area contributed by atoms with Crippen LogP contribution < -0.4 is 10.5 Å². The van der Waals surface area contributed by atoms with Crippen LogP contribution in [-0.2, 0) is 6.61 Å². The van der Waals surface area contributed by atoms with Crippen LogP contribution in [0.5, 0.6) is 6.01 Å². The zero-order valence-corrected chi connectivity index (χ0v) is 7.38. The number of nitrogen functional groups attached to an aromatic ring is 1. The summed E-state index contributed by atoms with van der Waals surface area (Å²) in [6, 6.07) is 3.90. The van der Waals surface area contributed by atoms with Crippen molar-refractivity contribution in [2.45, 2.75) is 6.61 Å². The third-order valence-electron chi connectivity index (χ3n) is 1.57. The van der Waals surface area contributed by atoms with Crippen LogP contribution in [0, 0.1) is 0 Å². The molecule has 0 atom stereocenters. The largest absolute Gasteiger partial charge is 0.466 e. The number of hydrogen-bond acceptors (Lipinski definition) is 5. The Morgan fingerprint density at radius 1 is 1.36 bits per heavy atom. The van der Waals surface area contributed by atoms with Gasteiger partial charge in [-0.05, 0) is 12.1 Å². The van der Waals surface area contributed by atoms with Gasteiger partial charge in [0.2, 0.25) is 0 Å². The fourth-order valence-electron chi connectivity index (χ4n) is 0.931. The van der Waals surface area contributed by atoms with E-state index >= 15 is 0 Å². The maximum Gasteiger partial charge on any atom is 0.316 e. The summed E-state index contributed by atoms with van der Waals surface area (Å²) in [6.45, 7) is 0.316. The maximum atomic E-state index is 5.42. The fourth-order valence-corrected chi connectivity index (χ4v) is 0.931. The van der Waals surface area contributed by atoms with E-state index in [1.807, 2.05) is 6.07 Å². The molecule has 5 heteroatoms. The molecular weight excluding hydrogens is 182 g/mol. The molecule has 72 valence electrons. The zero-order valence-electron chi connectivity index (χ0n) is 7.38. The van der Waals surface area contributed by atoms with Gasteiger partial charge in [-0.2, -0.15) is 0 Å². The Morgan fingerprint density at radius 3 is 2.79 bits per heavy atom. The number of rotatable bonds is 3. The zero-order chi connectivity index (χ0) is 9.80. The molecule has 2 aromatic heterocycles. The molecule has 14 heavy (non-hydrogen) atoms. The van der Waals surface area contributed by atoms with Gasteiger partial charge >= 0.3 is 6.01 Å². The van der Waals surface area contributed by atoms with Crippen molar-refractivity contribution in [1.29, 1.82) is 0 Å². The first kappa shape index (κ1) is 8.55. The minimum Gasteiger partial charge on any atom is -0.466 e. The van der Waals surface area contributed by atoms with Crippen LogP contribution in [0.2, 0.25) is 0 Å². The Morgan fingerprint density at radius 2 is 2.14 bits per heavy atom. The van der Waals surface area contributed by atoms with Crippen molar-refractivity contribution in [1.82, 2.24) is 9.97 Å². The van der Waals surface area contributed by atoms with Crippen LogP contribution >= 0.6 is 0 Å². The van der Waals surface area contributed by atoms with Gasteiger partial charge < -0.3 is 14.9 Å². The first-order valence-corrected chi connectivity index (χ1v) is 4.07. The van der Waals surface area contributed by atoms with Gasteiger partial charge in [-0.3, -0.25) is 0 Å². The van der Waals surface area contributed by atoms with Gasteiger partial charge in [0.25, 0.3) is 0 Å². The first-order chi connectivity index (χ1) is 6.84. The molecule has 0 bridgehead atoms. The number of ether oxygens (including phenoxy) is 1. The number of hydrogen-bond donors (Lipinski definition) is 1. The third kappa shape index (κ3) is 2.01. The second kappa shape index (κ2) is 3.78. The lowest BCUT2D eigenvalue weighted by Crippen LogP contribution is -1.99. The van der Waals surface area contributed by atoms with Gasteiger partial charge in [0.1, 0.15) is 12.4 Å². The van der Waals surface area contributed by atoms with E-state index in [2.05, 4.69) is 9.97 Å². The number of nitrogens with two attached hydrogens (primary N) is 1. The third-order valence-corrected chi connectivity index (χ3v) is 1.57. The molecule has 0 fully saturated rings. The summed E-state index contributed by atoms with van der Waals surface area (Å²) in [4.78, 5) is 7.76. The first-order valence-electron chi connectivity index (χ1n) is 4.07. The molecule has 0 aliphatic heterocycles. The van der Waals surface area contributed by atoms with Crippen molar-refractivity contribution in [2.24, 2.45) is 0 Å². The van der Waals surface area contributed by atoms with Crippen molar-refractivity contribution >= 4 is 5.69 Å². The number of aromatic nitrogens is 2. The Bertz CT molecular complexity index is 383. The van der Waals surface area contributed by atoms with E-state index in [-0.39, 0.29) is 6.01 Å². The Labute approximate surface area is 80.5 Å². The monoisotopic (exact) mass is 191 g/mol. The van der Waals surface area contributed by atoms with Crippen LogP contribution in [-0.4, -0.2) is 9.97 Å². The highest BCUT2D eigenvalue weighted by Crippen LogP contribution is 2.07. The summed E-state index contributed by atoms with van der Waals surface area (Å²) in [5.74, 6) is 0.727. The summed E-state index contributed by atoms with van der Waals surface area (Å²) >= 11 is 0. The van der Waals surface area contributed by atoms with Crippen LogP contribution in [0.4, 0.5) is 5.69 Å². The van der Waals surface area contributed by atoms with E-state index in [0.29, 0.717) is 12.3 Å². The average Bonchev–Trinajstić information content (AvgIpc) is 2.70. The standard InChI is InChI=1S/C9H9N3O2/c10-7-4-11-9(12-5-7)14-6-8-2-1-3-13-8/h1-5H,6,10H2. The van der Waals surface area contributed by atoms with E-state index < -0.39 is 0 Å². The highest BCUT2D eigenvalue weighted by Gasteiger charge is 1.99. The van der Waals surface area contributed by atoms with Crippen molar-refractivity contribution in [3.05, 3.63) is 36.5 Å². The second-order valence-electron chi connectivity index (χ2n) is 2.67. The molecule has 0 aliphatic carbocycles. The quantitative estimate of drug-likeness (QED) is 0.789. The molecule has 0 spiro atoms. The van der Waals surface area contributed by atoms with Gasteiger partial charge in [0.15, 0.2) is 0 Å². The van der Waals surface area contributed by atoms with Crippen molar-refractivity contribution in [2.75, 3.05) is 5.73 Å². The minimum absolute atomic E-state index is 0.288. The number of anilines is 1. The van der Waals surface area contributed by atoms with Gasteiger partial charge in [-0.1, -0.05) is 0 Å². The van der Waals surface area contributed by atoms with E-state index in [1.165, 1.54) is 12.4 Å². The number of furan rings is 1. The molecule has 2 rings (SSSR count). The van der Waals surface area contributed by atoms with Crippen molar-refractivity contribution in [3.63, 3.8) is 0 Å².